The van der Waals surface area contributed by atoms with Gasteiger partial charge in [-0.1, -0.05) is 6.07 Å². The first-order valence-corrected chi connectivity index (χ1v) is 4.35. The van der Waals surface area contributed by atoms with Gasteiger partial charge in [0.25, 0.3) is 5.91 Å². The normalized spacial score (nSPS) is 10.3. The summed E-state index contributed by atoms with van der Waals surface area (Å²) in [5.41, 5.74) is 10.5. The van der Waals surface area contributed by atoms with Crippen molar-refractivity contribution in [3.8, 4) is 0 Å². The summed E-state index contributed by atoms with van der Waals surface area (Å²) >= 11 is 0. The molecule has 0 bridgehead atoms. The number of carbonyl (C=O) groups is 1. The van der Waals surface area contributed by atoms with Crippen molar-refractivity contribution in [2.24, 2.45) is 0 Å². The van der Waals surface area contributed by atoms with Crippen LogP contribution in [0.15, 0.2) is 18.2 Å². The van der Waals surface area contributed by atoms with Crippen LogP contribution in [0.25, 0.3) is 0 Å². The van der Waals surface area contributed by atoms with Gasteiger partial charge in [0.05, 0.1) is 0 Å². The Kier molecular flexibility index (Phi) is 3.09. The van der Waals surface area contributed by atoms with E-state index in [1.807, 2.05) is 13.0 Å². The largest absolute Gasteiger partial charge is 0.398 e. The Morgan fingerprint density at radius 1 is 1.43 bits per heavy atom. The fourth-order valence-corrected chi connectivity index (χ4v) is 1.05. The van der Waals surface area contributed by atoms with E-state index in [0.717, 1.165) is 5.56 Å². The summed E-state index contributed by atoms with van der Waals surface area (Å²) in [6.07, 6.45) is 0. The summed E-state index contributed by atoms with van der Waals surface area (Å²) in [6, 6.07) is 5.26. The molecule has 1 aromatic rings. The SMILES string of the molecule is Cc1ccc(C(=O)NN(C)C)cc1N. The molecule has 14 heavy (non-hydrogen) atoms. The fourth-order valence-electron chi connectivity index (χ4n) is 1.05. The third kappa shape index (κ3) is 2.47. The fraction of sp³-hybridized carbons (Fsp3) is 0.300. The summed E-state index contributed by atoms with van der Waals surface area (Å²) in [6.45, 7) is 1.91. The van der Waals surface area contributed by atoms with Crippen LogP contribution in [0.1, 0.15) is 15.9 Å². The Morgan fingerprint density at radius 2 is 2.07 bits per heavy atom. The highest BCUT2D eigenvalue weighted by Gasteiger charge is 2.06. The lowest BCUT2D eigenvalue weighted by Gasteiger charge is -2.12. The lowest BCUT2D eigenvalue weighted by Crippen LogP contribution is -2.36. The molecule has 1 rings (SSSR count). The van der Waals surface area contributed by atoms with E-state index >= 15 is 0 Å². The molecule has 0 fully saturated rings. The zero-order valence-corrected chi connectivity index (χ0v) is 8.66. The molecule has 3 N–H and O–H groups in total. The van der Waals surface area contributed by atoms with Gasteiger partial charge in [0.15, 0.2) is 0 Å². The van der Waals surface area contributed by atoms with Gasteiger partial charge in [0, 0.05) is 25.3 Å². The molecule has 0 aromatic heterocycles. The van der Waals surface area contributed by atoms with Crippen LogP contribution in [0.5, 0.6) is 0 Å². The van der Waals surface area contributed by atoms with Gasteiger partial charge in [0.1, 0.15) is 0 Å². The molecule has 0 radical (unpaired) electrons. The number of benzene rings is 1. The first-order valence-electron chi connectivity index (χ1n) is 4.35. The molecule has 1 amide bonds. The van der Waals surface area contributed by atoms with Crippen molar-refractivity contribution >= 4 is 11.6 Å². The third-order valence-corrected chi connectivity index (χ3v) is 1.87. The van der Waals surface area contributed by atoms with Gasteiger partial charge in [-0.15, -0.1) is 0 Å². The zero-order valence-electron chi connectivity index (χ0n) is 8.66. The van der Waals surface area contributed by atoms with Crippen molar-refractivity contribution in [1.82, 2.24) is 10.4 Å². The maximum absolute atomic E-state index is 11.5. The van der Waals surface area contributed by atoms with Crippen LogP contribution in [-0.2, 0) is 0 Å². The Hall–Kier alpha value is -1.55. The Bertz CT molecular complexity index is 347. The van der Waals surface area contributed by atoms with Gasteiger partial charge in [-0.2, -0.15) is 0 Å². The standard InChI is InChI=1S/C10H15N3O/c1-7-4-5-8(6-9(7)11)10(14)12-13(2)3/h4-6H,11H2,1-3H3,(H,12,14). The first-order chi connectivity index (χ1) is 6.50. The van der Waals surface area contributed by atoms with Crippen LogP contribution in [-0.4, -0.2) is 25.0 Å². The van der Waals surface area contributed by atoms with Crippen LogP contribution in [0.3, 0.4) is 0 Å². The molecular formula is C10H15N3O. The van der Waals surface area contributed by atoms with Crippen molar-refractivity contribution in [3.05, 3.63) is 29.3 Å². The average molecular weight is 193 g/mol. The number of nitrogen functional groups attached to an aromatic ring is 1. The second-order valence-corrected chi connectivity index (χ2v) is 3.41. The number of anilines is 1. The highest BCUT2D eigenvalue weighted by Crippen LogP contribution is 2.12. The maximum atomic E-state index is 11.5. The van der Waals surface area contributed by atoms with Gasteiger partial charge < -0.3 is 5.73 Å². The van der Waals surface area contributed by atoms with Gasteiger partial charge >= 0.3 is 0 Å². The van der Waals surface area contributed by atoms with E-state index in [4.69, 9.17) is 5.73 Å². The molecule has 1 aromatic carbocycles. The van der Waals surface area contributed by atoms with Gasteiger partial charge in [0.2, 0.25) is 0 Å². The minimum absolute atomic E-state index is 0.151. The Morgan fingerprint density at radius 3 is 2.57 bits per heavy atom. The maximum Gasteiger partial charge on any atom is 0.265 e. The van der Waals surface area contributed by atoms with Crippen LogP contribution >= 0.6 is 0 Å². The lowest BCUT2D eigenvalue weighted by atomic mass is 10.1. The number of rotatable bonds is 2. The predicted octanol–water partition coefficient (Wildman–Crippen LogP) is 0.784. The molecule has 4 nitrogen and oxygen atoms in total. The van der Waals surface area contributed by atoms with Gasteiger partial charge in [-0.3, -0.25) is 10.2 Å². The third-order valence-electron chi connectivity index (χ3n) is 1.87. The molecule has 0 heterocycles. The number of nitrogens with two attached hydrogens (primary N) is 1. The number of nitrogens with zero attached hydrogens (tertiary/aromatic N) is 1. The Labute approximate surface area is 83.7 Å². The number of hydrogen-bond donors (Lipinski definition) is 2. The molecule has 0 aliphatic carbocycles. The van der Waals surface area contributed by atoms with Crippen molar-refractivity contribution in [1.29, 1.82) is 0 Å². The molecule has 0 atom stereocenters. The summed E-state index contributed by atoms with van der Waals surface area (Å²) < 4.78 is 0. The number of amides is 1. The number of carbonyl (C=O) groups excluding carboxylic acids is 1. The molecule has 0 saturated heterocycles. The van der Waals surface area contributed by atoms with E-state index in [1.54, 1.807) is 31.2 Å². The molecule has 0 aliphatic heterocycles. The molecular weight excluding hydrogens is 178 g/mol. The summed E-state index contributed by atoms with van der Waals surface area (Å²) in [7, 11) is 3.52. The smallest absolute Gasteiger partial charge is 0.265 e. The quantitative estimate of drug-likeness (QED) is 0.539. The monoisotopic (exact) mass is 193 g/mol. The topological polar surface area (TPSA) is 58.4 Å². The molecule has 76 valence electrons. The second-order valence-electron chi connectivity index (χ2n) is 3.41. The summed E-state index contributed by atoms with van der Waals surface area (Å²) in [5.74, 6) is -0.151. The number of aryl methyl sites for hydroxylation is 1. The van der Waals surface area contributed by atoms with Crippen molar-refractivity contribution in [2.75, 3.05) is 19.8 Å². The van der Waals surface area contributed by atoms with E-state index in [2.05, 4.69) is 5.43 Å². The van der Waals surface area contributed by atoms with E-state index in [9.17, 15) is 4.79 Å². The van der Waals surface area contributed by atoms with Gasteiger partial charge in [-0.05, 0) is 24.6 Å². The molecule has 0 unspecified atom stereocenters. The highest BCUT2D eigenvalue weighted by molar-refractivity contribution is 5.94. The van der Waals surface area contributed by atoms with Crippen LogP contribution in [0.2, 0.25) is 0 Å². The molecule has 0 spiro atoms. The zero-order chi connectivity index (χ0) is 10.7. The Balaban J connectivity index is 2.86. The van der Waals surface area contributed by atoms with E-state index in [1.165, 1.54) is 0 Å². The van der Waals surface area contributed by atoms with Crippen molar-refractivity contribution in [3.63, 3.8) is 0 Å². The number of nitrogens with one attached hydrogen (secondary N) is 1. The lowest BCUT2D eigenvalue weighted by molar-refractivity contribution is 0.0857. The number of hydrazine groups is 1. The minimum atomic E-state index is -0.151. The van der Waals surface area contributed by atoms with E-state index in [-0.39, 0.29) is 5.91 Å². The predicted molar refractivity (Wildman–Crippen MR) is 56.7 cm³/mol. The van der Waals surface area contributed by atoms with E-state index in [0.29, 0.717) is 11.3 Å². The van der Waals surface area contributed by atoms with E-state index < -0.39 is 0 Å². The summed E-state index contributed by atoms with van der Waals surface area (Å²) in [5, 5.41) is 1.60. The van der Waals surface area contributed by atoms with Gasteiger partial charge in [-0.25, -0.2) is 5.01 Å². The molecule has 4 heteroatoms. The van der Waals surface area contributed by atoms with Crippen molar-refractivity contribution < 1.29 is 4.79 Å². The highest BCUT2D eigenvalue weighted by atomic mass is 16.2. The van der Waals surface area contributed by atoms with Crippen LogP contribution < -0.4 is 11.2 Å². The van der Waals surface area contributed by atoms with Crippen molar-refractivity contribution in [2.45, 2.75) is 6.92 Å². The summed E-state index contributed by atoms with van der Waals surface area (Å²) in [4.78, 5) is 11.5. The first kappa shape index (κ1) is 10.5. The second kappa shape index (κ2) is 4.11. The van der Waals surface area contributed by atoms with Crippen LogP contribution in [0, 0.1) is 6.92 Å². The number of hydrogen-bond acceptors (Lipinski definition) is 3. The molecule has 0 aliphatic rings. The van der Waals surface area contributed by atoms with Crippen LogP contribution in [0.4, 0.5) is 5.69 Å². The molecule has 0 saturated carbocycles. The average Bonchev–Trinajstić information content (AvgIpc) is 2.08. The minimum Gasteiger partial charge on any atom is -0.398 e.